The number of carbonyl (C=O) groups is 1. The monoisotopic (exact) mass is 141 g/mol. The van der Waals surface area contributed by atoms with Crippen LogP contribution in [0.3, 0.4) is 0 Å². The third-order valence-corrected chi connectivity index (χ3v) is 1.45. The van der Waals surface area contributed by atoms with Crippen LogP contribution in [0.4, 0.5) is 0 Å². The van der Waals surface area contributed by atoms with Crippen LogP contribution >= 0.6 is 0 Å². The van der Waals surface area contributed by atoms with Gasteiger partial charge in [0.1, 0.15) is 6.61 Å². The van der Waals surface area contributed by atoms with Gasteiger partial charge < -0.3 is 10.1 Å². The van der Waals surface area contributed by atoms with Crippen LogP contribution in [0, 0.1) is 0 Å². The first kappa shape index (κ1) is 7.28. The molecule has 1 heterocycles. The van der Waals surface area contributed by atoms with Gasteiger partial charge in [-0.15, -0.1) is 0 Å². The van der Waals surface area contributed by atoms with Crippen molar-refractivity contribution in [3.63, 3.8) is 0 Å². The average Bonchev–Trinajstić information content (AvgIpc) is 1.88. The second-order valence-electron chi connectivity index (χ2n) is 2.45. The summed E-state index contributed by atoms with van der Waals surface area (Å²) in [6.07, 6.45) is 0.0118. The molecule has 0 spiro atoms. The molecule has 0 aromatic carbocycles. The summed E-state index contributed by atoms with van der Waals surface area (Å²) in [4.78, 5) is 10.6. The lowest BCUT2D eigenvalue weighted by molar-refractivity contribution is -0.131. The van der Waals surface area contributed by atoms with E-state index in [2.05, 4.69) is 11.9 Å². The molecule has 1 fully saturated rings. The smallest absolute Gasteiger partial charge is 0.246 e. The maximum absolute atomic E-state index is 10.6. The van der Waals surface area contributed by atoms with Crippen LogP contribution in [0.5, 0.6) is 0 Å². The topological polar surface area (TPSA) is 38.3 Å². The summed E-state index contributed by atoms with van der Waals surface area (Å²) < 4.78 is 5.14. The zero-order valence-electron chi connectivity index (χ0n) is 6.02. The van der Waals surface area contributed by atoms with E-state index in [9.17, 15) is 4.79 Å². The minimum Gasteiger partial charge on any atom is -0.362 e. The number of hydrogen-bond donors (Lipinski definition) is 1. The third kappa shape index (κ3) is 1.57. The average molecular weight is 141 g/mol. The largest absolute Gasteiger partial charge is 0.362 e. The van der Waals surface area contributed by atoms with E-state index in [4.69, 9.17) is 4.74 Å². The number of carbonyl (C=O) groups excluding carboxylic acids is 1. The van der Waals surface area contributed by atoms with Gasteiger partial charge in [-0.1, -0.05) is 12.2 Å². The molecular formula is C7H11NO2. The highest BCUT2D eigenvalue weighted by molar-refractivity contribution is 5.77. The molecule has 0 unspecified atom stereocenters. The van der Waals surface area contributed by atoms with Gasteiger partial charge in [0.05, 0.1) is 6.10 Å². The van der Waals surface area contributed by atoms with Crippen molar-refractivity contribution in [2.75, 3.05) is 13.2 Å². The Morgan fingerprint density at radius 3 is 3.00 bits per heavy atom. The minimum atomic E-state index is -0.0440. The second kappa shape index (κ2) is 2.84. The van der Waals surface area contributed by atoms with Crippen LogP contribution in [0.25, 0.3) is 0 Å². The highest BCUT2D eigenvalue weighted by atomic mass is 16.5. The first-order chi connectivity index (χ1) is 4.70. The molecule has 0 aliphatic carbocycles. The summed E-state index contributed by atoms with van der Waals surface area (Å²) in [6.45, 7) is 6.35. The summed E-state index contributed by atoms with van der Waals surface area (Å²) in [7, 11) is 0. The number of hydrogen-bond acceptors (Lipinski definition) is 2. The zero-order valence-corrected chi connectivity index (χ0v) is 6.02. The molecule has 56 valence electrons. The maximum Gasteiger partial charge on any atom is 0.246 e. The molecule has 1 aliphatic rings. The van der Waals surface area contributed by atoms with Crippen LogP contribution in [0.2, 0.25) is 0 Å². The number of ether oxygens (including phenoxy) is 1. The fourth-order valence-corrected chi connectivity index (χ4v) is 0.809. The van der Waals surface area contributed by atoms with Crippen molar-refractivity contribution in [3.8, 4) is 0 Å². The lowest BCUT2D eigenvalue weighted by atomic mass is 10.2. The van der Waals surface area contributed by atoms with Crippen LogP contribution in [-0.2, 0) is 9.53 Å². The Morgan fingerprint density at radius 2 is 2.60 bits per heavy atom. The van der Waals surface area contributed by atoms with Crippen molar-refractivity contribution in [1.29, 1.82) is 0 Å². The predicted molar refractivity (Wildman–Crippen MR) is 37.6 cm³/mol. The molecule has 1 amide bonds. The number of nitrogens with one attached hydrogen (secondary N) is 1. The Balaban J connectivity index is 2.40. The molecule has 1 atom stereocenters. The molecule has 0 radical (unpaired) electrons. The van der Waals surface area contributed by atoms with Gasteiger partial charge in [0.2, 0.25) is 5.91 Å². The van der Waals surface area contributed by atoms with Gasteiger partial charge in [-0.2, -0.15) is 0 Å². The number of amides is 1. The van der Waals surface area contributed by atoms with E-state index >= 15 is 0 Å². The third-order valence-electron chi connectivity index (χ3n) is 1.45. The Morgan fingerprint density at radius 1 is 1.90 bits per heavy atom. The maximum atomic E-state index is 10.6. The van der Waals surface area contributed by atoms with E-state index in [0.717, 1.165) is 5.57 Å². The van der Waals surface area contributed by atoms with Gasteiger partial charge >= 0.3 is 0 Å². The van der Waals surface area contributed by atoms with Crippen molar-refractivity contribution in [1.82, 2.24) is 5.32 Å². The van der Waals surface area contributed by atoms with Crippen LogP contribution in [0.15, 0.2) is 12.2 Å². The molecule has 1 rings (SSSR count). The fraction of sp³-hybridized carbons (Fsp3) is 0.571. The van der Waals surface area contributed by atoms with Gasteiger partial charge in [0, 0.05) is 6.54 Å². The van der Waals surface area contributed by atoms with Crippen molar-refractivity contribution in [3.05, 3.63) is 12.2 Å². The van der Waals surface area contributed by atoms with Crippen molar-refractivity contribution in [2.45, 2.75) is 13.0 Å². The molecule has 1 aliphatic heterocycles. The van der Waals surface area contributed by atoms with Gasteiger partial charge in [-0.05, 0) is 6.92 Å². The Hall–Kier alpha value is -0.830. The molecule has 3 nitrogen and oxygen atoms in total. The first-order valence-corrected chi connectivity index (χ1v) is 3.24. The normalized spacial score (nSPS) is 25.7. The van der Waals surface area contributed by atoms with Gasteiger partial charge in [-0.25, -0.2) is 0 Å². The molecule has 10 heavy (non-hydrogen) atoms. The van der Waals surface area contributed by atoms with Crippen molar-refractivity contribution in [2.24, 2.45) is 0 Å². The van der Waals surface area contributed by atoms with Gasteiger partial charge in [0.25, 0.3) is 0 Å². The van der Waals surface area contributed by atoms with E-state index in [1.165, 1.54) is 0 Å². The van der Waals surface area contributed by atoms with E-state index in [1.807, 2.05) is 6.92 Å². The minimum absolute atomic E-state index is 0.0118. The van der Waals surface area contributed by atoms with Crippen molar-refractivity contribution < 1.29 is 9.53 Å². The molecule has 0 saturated carbocycles. The highest BCUT2D eigenvalue weighted by Gasteiger charge is 2.17. The van der Waals surface area contributed by atoms with E-state index in [0.29, 0.717) is 6.54 Å². The fourth-order valence-electron chi connectivity index (χ4n) is 0.809. The van der Waals surface area contributed by atoms with E-state index < -0.39 is 0 Å². The second-order valence-corrected chi connectivity index (χ2v) is 2.45. The molecular weight excluding hydrogens is 130 g/mol. The summed E-state index contributed by atoms with van der Waals surface area (Å²) in [5, 5.41) is 2.69. The molecule has 1 N–H and O–H groups in total. The molecule has 0 aromatic heterocycles. The Labute approximate surface area is 60.1 Å². The van der Waals surface area contributed by atoms with E-state index in [-0.39, 0.29) is 18.6 Å². The summed E-state index contributed by atoms with van der Waals surface area (Å²) >= 11 is 0. The number of rotatable bonds is 1. The Bertz CT molecular complexity index is 155. The first-order valence-electron chi connectivity index (χ1n) is 3.24. The summed E-state index contributed by atoms with van der Waals surface area (Å²) in [5.41, 5.74) is 0.958. The molecule has 3 heteroatoms. The molecule has 0 bridgehead atoms. The lowest BCUT2D eigenvalue weighted by Crippen LogP contribution is -2.43. The van der Waals surface area contributed by atoms with Crippen molar-refractivity contribution >= 4 is 5.91 Å². The standard InChI is InChI=1S/C7H11NO2/c1-5(2)6-3-8-7(9)4-10-6/h6H,1,3-4H2,2H3,(H,8,9)/t6-/m0/s1. The predicted octanol–water partition coefficient (Wildman–Crippen LogP) is 0.0775. The van der Waals surface area contributed by atoms with Crippen LogP contribution in [-0.4, -0.2) is 25.2 Å². The Kier molecular flexibility index (Phi) is 2.06. The molecule has 0 aromatic rings. The molecule has 1 saturated heterocycles. The quantitative estimate of drug-likeness (QED) is 0.525. The van der Waals surface area contributed by atoms with Crippen LogP contribution in [0.1, 0.15) is 6.92 Å². The summed E-state index contributed by atoms with van der Waals surface area (Å²) in [5.74, 6) is -0.0440. The SMILES string of the molecule is C=C(C)[C@@H]1CNC(=O)CO1. The lowest BCUT2D eigenvalue weighted by Gasteiger charge is -2.22. The van der Waals surface area contributed by atoms with Gasteiger partial charge in [-0.3, -0.25) is 4.79 Å². The van der Waals surface area contributed by atoms with Gasteiger partial charge in [0.15, 0.2) is 0 Å². The van der Waals surface area contributed by atoms with E-state index in [1.54, 1.807) is 0 Å². The van der Waals surface area contributed by atoms with Crippen LogP contribution < -0.4 is 5.32 Å². The highest BCUT2D eigenvalue weighted by Crippen LogP contribution is 2.04. The number of morpholine rings is 1. The zero-order chi connectivity index (χ0) is 7.56. The summed E-state index contributed by atoms with van der Waals surface area (Å²) in [6, 6.07) is 0.